The van der Waals surface area contributed by atoms with E-state index in [9.17, 15) is 9.59 Å². The Labute approximate surface area is 187 Å². The summed E-state index contributed by atoms with van der Waals surface area (Å²) in [6.45, 7) is 4.89. The van der Waals surface area contributed by atoms with Crippen molar-refractivity contribution in [3.05, 3.63) is 52.5 Å². The van der Waals surface area contributed by atoms with Gasteiger partial charge >= 0.3 is 0 Å². The molecule has 1 aliphatic rings. The van der Waals surface area contributed by atoms with Gasteiger partial charge in [0.15, 0.2) is 12.4 Å². The van der Waals surface area contributed by atoms with Crippen LogP contribution in [-0.4, -0.2) is 68.5 Å². The molecular formula is C23H27ClN2O5. The number of amides is 1. The number of carbonyl (C=O) groups is 2. The minimum atomic E-state index is -0.210. The fourth-order valence-electron chi connectivity index (χ4n) is 3.54. The molecule has 1 aliphatic heterocycles. The summed E-state index contributed by atoms with van der Waals surface area (Å²) in [5, 5.41) is 0.723. The van der Waals surface area contributed by atoms with Gasteiger partial charge in [-0.3, -0.25) is 14.5 Å². The lowest BCUT2D eigenvalue weighted by Gasteiger charge is -2.34. The minimum absolute atomic E-state index is 0.123. The van der Waals surface area contributed by atoms with Crippen LogP contribution in [0.3, 0.4) is 0 Å². The third-order valence-electron chi connectivity index (χ3n) is 5.24. The molecule has 166 valence electrons. The van der Waals surface area contributed by atoms with Crippen molar-refractivity contribution >= 4 is 23.3 Å². The van der Waals surface area contributed by atoms with Crippen LogP contribution in [0.4, 0.5) is 0 Å². The smallest absolute Gasteiger partial charge is 0.260 e. The normalized spacial score (nSPS) is 14.3. The van der Waals surface area contributed by atoms with Crippen molar-refractivity contribution in [1.29, 1.82) is 0 Å². The highest BCUT2D eigenvalue weighted by molar-refractivity contribution is 6.30. The number of hydrogen-bond acceptors (Lipinski definition) is 6. The lowest BCUT2D eigenvalue weighted by Crippen LogP contribution is -2.49. The number of ketones is 1. The van der Waals surface area contributed by atoms with Gasteiger partial charge in [-0.05, 0) is 24.6 Å². The molecule has 0 spiro atoms. The van der Waals surface area contributed by atoms with E-state index in [-0.39, 0.29) is 24.0 Å². The second-order valence-corrected chi connectivity index (χ2v) is 7.77. The number of piperazine rings is 1. The van der Waals surface area contributed by atoms with E-state index in [2.05, 4.69) is 4.90 Å². The second-order valence-electron chi connectivity index (χ2n) is 7.33. The van der Waals surface area contributed by atoms with E-state index in [1.807, 2.05) is 24.3 Å². The molecule has 3 rings (SSSR count). The molecule has 8 heteroatoms. The maximum absolute atomic E-state index is 12.7. The Morgan fingerprint density at radius 1 is 0.968 bits per heavy atom. The van der Waals surface area contributed by atoms with Gasteiger partial charge in [0.1, 0.15) is 22.8 Å². The van der Waals surface area contributed by atoms with Crippen LogP contribution < -0.4 is 14.2 Å². The van der Waals surface area contributed by atoms with E-state index in [0.29, 0.717) is 30.2 Å². The van der Waals surface area contributed by atoms with Crippen LogP contribution in [0.15, 0.2) is 36.4 Å². The molecule has 7 nitrogen and oxygen atoms in total. The zero-order valence-electron chi connectivity index (χ0n) is 18.0. The summed E-state index contributed by atoms with van der Waals surface area (Å²) in [4.78, 5) is 28.9. The quantitative estimate of drug-likeness (QED) is 0.580. The molecule has 0 N–H and O–H groups in total. The molecule has 2 aromatic rings. The summed E-state index contributed by atoms with van der Waals surface area (Å²) in [6.07, 6.45) is 0. The number of rotatable bonds is 8. The van der Waals surface area contributed by atoms with Crippen LogP contribution in [0, 0.1) is 0 Å². The van der Waals surface area contributed by atoms with Gasteiger partial charge in [0, 0.05) is 49.9 Å². The third kappa shape index (κ3) is 5.89. The first kappa shape index (κ1) is 22.9. The Kier molecular flexibility index (Phi) is 7.76. The van der Waals surface area contributed by atoms with Gasteiger partial charge in [0.25, 0.3) is 5.91 Å². The second kappa shape index (κ2) is 10.5. The van der Waals surface area contributed by atoms with Gasteiger partial charge in [-0.15, -0.1) is 0 Å². The van der Waals surface area contributed by atoms with Crippen molar-refractivity contribution in [1.82, 2.24) is 9.80 Å². The molecule has 1 heterocycles. The number of methoxy groups -OCH3 is 2. The molecule has 1 amide bonds. The lowest BCUT2D eigenvalue weighted by atomic mass is 10.1. The molecule has 0 atom stereocenters. The maximum Gasteiger partial charge on any atom is 0.260 e. The van der Waals surface area contributed by atoms with Crippen molar-refractivity contribution in [2.24, 2.45) is 0 Å². The van der Waals surface area contributed by atoms with E-state index >= 15 is 0 Å². The highest BCUT2D eigenvalue weighted by Crippen LogP contribution is 2.34. The number of ether oxygens (including phenoxy) is 3. The monoisotopic (exact) mass is 446 g/mol. The van der Waals surface area contributed by atoms with Crippen LogP contribution in [0.1, 0.15) is 22.8 Å². The molecule has 0 radical (unpaired) electrons. The van der Waals surface area contributed by atoms with Gasteiger partial charge in [-0.25, -0.2) is 0 Å². The zero-order chi connectivity index (χ0) is 22.4. The predicted molar refractivity (Wildman–Crippen MR) is 118 cm³/mol. The Balaban J connectivity index is 1.57. The van der Waals surface area contributed by atoms with Crippen molar-refractivity contribution in [2.75, 3.05) is 47.0 Å². The van der Waals surface area contributed by atoms with Gasteiger partial charge < -0.3 is 19.1 Å². The molecule has 1 saturated heterocycles. The van der Waals surface area contributed by atoms with Gasteiger partial charge in [-0.1, -0.05) is 23.7 Å². The fraction of sp³-hybridized carbons (Fsp3) is 0.391. The highest BCUT2D eigenvalue weighted by Gasteiger charge is 2.23. The Bertz CT molecular complexity index is 924. The summed E-state index contributed by atoms with van der Waals surface area (Å²) in [7, 11) is 2.99. The predicted octanol–water partition coefficient (Wildman–Crippen LogP) is 3.28. The SMILES string of the molecule is COc1cc(OC)c(C(C)=O)c(OCC(=O)N2CCN(Cc3ccc(Cl)cc3)CC2)c1. The van der Waals surface area contributed by atoms with Gasteiger partial charge in [0.05, 0.1) is 14.2 Å². The molecular weight excluding hydrogens is 420 g/mol. The van der Waals surface area contributed by atoms with Crippen LogP contribution in [0.5, 0.6) is 17.2 Å². The van der Waals surface area contributed by atoms with Crippen LogP contribution >= 0.6 is 11.6 Å². The first-order valence-electron chi connectivity index (χ1n) is 10.1. The Morgan fingerprint density at radius 3 is 2.19 bits per heavy atom. The minimum Gasteiger partial charge on any atom is -0.496 e. The summed E-state index contributed by atoms with van der Waals surface area (Å²) >= 11 is 5.94. The Hall–Kier alpha value is -2.77. The largest absolute Gasteiger partial charge is 0.496 e. The molecule has 0 bridgehead atoms. The third-order valence-corrected chi connectivity index (χ3v) is 5.49. The first-order chi connectivity index (χ1) is 14.9. The number of halogens is 1. The molecule has 31 heavy (non-hydrogen) atoms. The summed E-state index contributed by atoms with van der Waals surface area (Å²) < 4.78 is 16.3. The van der Waals surface area contributed by atoms with Crippen molar-refractivity contribution in [3.63, 3.8) is 0 Å². The van der Waals surface area contributed by atoms with E-state index in [1.54, 1.807) is 17.0 Å². The molecule has 0 saturated carbocycles. The first-order valence-corrected chi connectivity index (χ1v) is 10.4. The average Bonchev–Trinajstić information content (AvgIpc) is 2.78. The van der Waals surface area contributed by atoms with E-state index in [0.717, 1.165) is 24.7 Å². The van der Waals surface area contributed by atoms with Gasteiger partial charge in [-0.2, -0.15) is 0 Å². The molecule has 1 fully saturated rings. The average molecular weight is 447 g/mol. The molecule has 0 aromatic heterocycles. The van der Waals surface area contributed by atoms with E-state index in [1.165, 1.54) is 26.7 Å². The van der Waals surface area contributed by atoms with Crippen LogP contribution in [-0.2, 0) is 11.3 Å². The van der Waals surface area contributed by atoms with Crippen molar-refractivity contribution in [3.8, 4) is 17.2 Å². The summed E-state index contributed by atoms with van der Waals surface area (Å²) in [5.74, 6) is 0.781. The fourth-order valence-corrected chi connectivity index (χ4v) is 3.67. The van der Waals surface area contributed by atoms with Crippen molar-refractivity contribution < 1.29 is 23.8 Å². The lowest BCUT2D eigenvalue weighted by molar-refractivity contribution is -0.135. The molecule has 0 aliphatic carbocycles. The number of carbonyl (C=O) groups excluding carboxylic acids is 2. The number of hydrogen-bond donors (Lipinski definition) is 0. The van der Waals surface area contributed by atoms with Gasteiger partial charge in [0.2, 0.25) is 0 Å². The summed E-state index contributed by atoms with van der Waals surface area (Å²) in [6, 6.07) is 11.0. The number of Topliss-reactive ketones (excluding diaryl/α,β-unsaturated/α-hetero) is 1. The number of benzene rings is 2. The van der Waals surface area contributed by atoms with Crippen molar-refractivity contribution in [2.45, 2.75) is 13.5 Å². The molecule has 2 aromatic carbocycles. The topological polar surface area (TPSA) is 68.3 Å². The molecule has 0 unspecified atom stereocenters. The maximum atomic E-state index is 12.7. The summed E-state index contributed by atoms with van der Waals surface area (Å²) in [5.41, 5.74) is 1.49. The van der Waals surface area contributed by atoms with Crippen LogP contribution in [0.2, 0.25) is 5.02 Å². The Morgan fingerprint density at radius 2 is 1.61 bits per heavy atom. The standard InChI is InChI=1S/C23H27ClN2O5/c1-16(27)23-20(30-3)12-19(29-2)13-21(23)31-15-22(28)26-10-8-25(9-11-26)14-17-4-6-18(24)7-5-17/h4-7,12-13H,8-11,14-15H2,1-3H3. The zero-order valence-corrected chi connectivity index (χ0v) is 18.8. The van der Waals surface area contributed by atoms with E-state index in [4.69, 9.17) is 25.8 Å². The van der Waals surface area contributed by atoms with E-state index < -0.39 is 0 Å². The highest BCUT2D eigenvalue weighted by atomic mass is 35.5. The van der Waals surface area contributed by atoms with Crippen LogP contribution in [0.25, 0.3) is 0 Å². The number of nitrogens with zero attached hydrogens (tertiary/aromatic N) is 2.